The standard InChI is InChI=1S/C17H22N4/c18-16-6-1-2-7-17(16)21-13-11-20(12-14-21)10-8-15-5-3-4-9-19-15/h1-7,9H,8,10-14,18H2. The second-order valence-corrected chi connectivity index (χ2v) is 5.46. The second kappa shape index (κ2) is 6.59. The molecule has 0 unspecified atom stereocenters. The molecule has 1 fully saturated rings. The Bertz CT molecular complexity index is 562. The Balaban J connectivity index is 1.50. The summed E-state index contributed by atoms with van der Waals surface area (Å²) in [6, 6.07) is 14.2. The SMILES string of the molecule is Nc1ccccc1N1CCN(CCc2ccccn2)CC1. The molecular weight excluding hydrogens is 260 g/mol. The first-order valence-electron chi connectivity index (χ1n) is 7.54. The van der Waals surface area contributed by atoms with Crippen molar-refractivity contribution in [2.24, 2.45) is 0 Å². The molecule has 0 bridgehead atoms. The van der Waals surface area contributed by atoms with Crippen LogP contribution in [-0.4, -0.2) is 42.6 Å². The number of rotatable bonds is 4. The molecule has 4 heteroatoms. The van der Waals surface area contributed by atoms with Crippen LogP contribution in [0.4, 0.5) is 11.4 Å². The van der Waals surface area contributed by atoms with Crippen molar-refractivity contribution in [2.45, 2.75) is 6.42 Å². The van der Waals surface area contributed by atoms with Crippen LogP contribution in [0.25, 0.3) is 0 Å². The van der Waals surface area contributed by atoms with Gasteiger partial charge in [-0.05, 0) is 24.3 Å². The molecule has 0 amide bonds. The molecule has 1 saturated heterocycles. The number of para-hydroxylation sites is 2. The van der Waals surface area contributed by atoms with Gasteiger partial charge in [-0.2, -0.15) is 0 Å². The average molecular weight is 282 g/mol. The summed E-state index contributed by atoms with van der Waals surface area (Å²) < 4.78 is 0. The van der Waals surface area contributed by atoms with E-state index in [1.807, 2.05) is 24.4 Å². The van der Waals surface area contributed by atoms with Gasteiger partial charge in [0.25, 0.3) is 0 Å². The van der Waals surface area contributed by atoms with Crippen LogP contribution in [-0.2, 0) is 6.42 Å². The Hall–Kier alpha value is -2.07. The summed E-state index contributed by atoms with van der Waals surface area (Å²) in [5.41, 5.74) is 9.27. The number of nitrogens with two attached hydrogens (primary N) is 1. The molecule has 3 rings (SSSR count). The van der Waals surface area contributed by atoms with E-state index in [1.165, 1.54) is 11.4 Å². The van der Waals surface area contributed by atoms with Crippen LogP contribution >= 0.6 is 0 Å². The summed E-state index contributed by atoms with van der Waals surface area (Å²) in [6.07, 6.45) is 2.89. The Morgan fingerprint density at radius 2 is 1.71 bits per heavy atom. The smallest absolute Gasteiger partial charge is 0.0600 e. The van der Waals surface area contributed by atoms with Gasteiger partial charge in [-0.1, -0.05) is 18.2 Å². The van der Waals surface area contributed by atoms with Crippen molar-refractivity contribution in [3.63, 3.8) is 0 Å². The monoisotopic (exact) mass is 282 g/mol. The van der Waals surface area contributed by atoms with E-state index in [4.69, 9.17) is 5.73 Å². The molecule has 0 spiro atoms. The van der Waals surface area contributed by atoms with Gasteiger partial charge in [0.15, 0.2) is 0 Å². The third-order valence-electron chi connectivity index (χ3n) is 4.06. The Labute approximate surface area is 126 Å². The molecule has 0 radical (unpaired) electrons. The lowest BCUT2D eigenvalue weighted by Gasteiger charge is -2.36. The van der Waals surface area contributed by atoms with Crippen LogP contribution in [0.1, 0.15) is 5.69 Å². The molecule has 0 aliphatic carbocycles. The van der Waals surface area contributed by atoms with Crippen molar-refractivity contribution in [1.82, 2.24) is 9.88 Å². The van der Waals surface area contributed by atoms with Gasteiger partial charge in [0.1, 0.15) is 0 Å². The predicted octanol–water partition coefficient (Wildman–Crippen LogP) is 2.03. The van der Waals surface area contributed by atoms with E-state index in [9.17, 15) is 0 Å². The van der Waals surface area contributed by atoms with E-state index >= 15 is 0 Å². The third-order valence-corrected chi connectivity index (χ3v) is 4.06. The minimum Gasteiger partial charge on any atom is -0.397 e. The first-order valence-corrected chi connectivity index (χ1v) is 7.54. The number of hydrogen-bond donors (Lipinski definition) is 1. The molecule has 2 aromatic rings. The highest BCUT2D eigenvalue weighted by atomic mass is 15.3. The second-order valence-electron chi connectivity index (χ2n) is 5.46. The molecular formula is C17H22N4. The van der Waals surface area contributed by atoms with Gasteiger partial charge in [0, 0.05) is 51.0 Å². The van der Waals surface area contributed by atoms with Crippen LogP contribution < -0.4 is 10.6 Å². The molecule has 2 N–H and O–H groups in total. The van der Waals surface area contributed by atoms with E-state index in [1.54, 1.807) is 0 Å². The molecule has 0 atom stereocenters. The zero-order chi connectivity index (χ0) is 14.5. The van der Waals surface area contributed by atoms with Gasteiger partial charge in [0.05, 0.1) is 11.4 Å². The van der Waals surface area contributed by atoms with Crippen molar-refractivity contribution < 1.29 is 0 Å². The topological polar surface area (TPSA) is 45.4 Å². The molecule has 1 aliphatic rings. The van der Waals surface area contributed by atoms with E-state index in [2.05, 4.69) is 39.0 Å². The Morgan fingerprint density at radius 3 is 2.43 bits per heavy atom. The maximum absolute atomic E-state index is 6.06. The number of anilines is 2. The van der Waals surface area contributed by atoms with Crippen LogP contribution in [0.5, 0.6) is 0 Å². The molecule has 1 aromatic heterocycles. The quantitative estimate of drug-likeness (QED) is 0.872. The van der Waals surface area contributed by atoms with Crippen molar-refractivity contribution in [2.75, 3.05) is 43.4 Å². The summed E-state index contributed by atoms with van der Waals surface area (Å²) in [6.45, 7) is 5.32. The lowest BCUT2D eigenvalue weighted by atomic mass is 10.2. The van der Waals surface area contributed by atoms with Crippen LogP contribution in [0, 0.1) is 0 Å². The Morgan fingerprint density at radius 1 is 0.952 bits per heavy atom. The predicted molar refractivity (Wildman–Crippen MR) is 87.4 cm³/mol. The Kier molecular flexibility index (Phi) is 4.36. The highest BCUT2D eigenvalue weighted by molar-refractivity contribution is 5.67. The average Bonchev–Trinajstić information content (AvgIpc) is 2.55. The fourth-order valence-electron chi connectivity index (χ4n) is 2.81. The van der Waals surface area contributed by atoms with Crippen LogP contribution in [0.15, 0.2) is 48.7 Å². The number of pyridine rings is 1. The maximum atomic E-state index is 6.06. The highest BCUT2D eigenvalue weighted by Gasteiger charge is 2.18. The first-order chi connectivity index (χ1) is 10.3. The molecule has 110 valence electrons. The number of nitrogens with zero attached hydrogens (tertiary/aromatic N) is 3. The maximum Gasteiger partial charge on any atom is 0.0600 e. The van der Waals surface area contributed by atoms with E-state index < -0.39 is 0 Å². The molecule has 21 heavy (non-hydrogen) atoms. The first kappa shape index (κ1) is 13.9. The number of nitrogen functional groups attached to an aromatic ring is 1. The molecule has 4 nitrogen and oxygen atoms in total. The van der Waals surface area contributed by atoms with Crippen LogP contribution in [0.3, 0.4) is 0 Å². The van der Waals surface area contributed by atoms with Gasteiger partial charge >= 0.3 is 0 Å². The molecule has 1 aromatic carbocycles. The van der Waals surface area contributed by atoms with Gasteiger partial charge in [-0.3, -0.25) is 9.88 Å². The summed E-state index contributed by atoms with van der Waals surface area (Å²) in [4.78, 5) is 9.27. The largest absolute Gasteiger partial charge is 0.397 e. The third kappa shape index (κ3) is 3.52. The lowest BCUT2D eigenvalue weighted by molar-refractivity contribution is 0.260. The highest BCUT2D eigenvalue weighted by Crippen LogP contribution is 2.23. The molecule has 0 saturated carbocycles. The lowest BCUT2D eigenvalue weighted by Crippen LogP contribution is -2.47. The minimum absolute atomic E-state index is 0.874. The summed E-state index contributed by atoms with van der Waals surface area (Å²) in [5.74, 6) is 0. The van der Waals surface area contributed by atoms with Crippen molar-refractivity contribution in [1.29, 1.82) is 0 Å². The molecule has 2 heterocycles. The number of benzene rings is 1. The molecule has 1 aliphatic heterocycles. The zero-order valence-electron chi connectivity index (χ0n) is 12.3. The number of aromatic nitrogens is 1. The van der Waals surface area contributed by atoms with E-state index in [0.717, 1.165) is 44.8 Å². The van der Waals surface area contributed by atoms with Crippen molar-refractivity contribution >= 4 is 11.4 Å². The number of piperazine rings is 1. The fourth-order valence-corrected chi connectivity index (χ4v) is 2.81. The van der Waals surface area contributed by atoms with Gasteiger partial charge in [-0.15, -0.1) is 0 Å². The minimum atomic E-state index is 0.874. The fraction of sp³-hybridized carbons (Fsp3) is 0.353. The normalized spacial score (nSPS) is 16.1. The van der Waals surface area contributed by atoms with Crippen molar-refractivity contribution in [3.05, 3.63) is 54.4 Å². The van der Waals surface area contributed by atoms with Gasteiger partial charge in [-0.25, -0.2) is 0 Å². The van der Waals surface area contributed by atoms with Crippen molar-refractivity contribution in [3.8, 4) is 0 Å². The van der Waals surface area contributed by atoms with Gasteiger partial charge in [0.2, 0.25) is 0 Å². The van der Waals surface area contributed by atoms with E-state index in [0.29, 0.717) is 0 Å². The van der Waals surface area contributed by atoms with Crippen LogP contribution in [0.2, 0.25) is 0 Å². The zero-order valence-corrected chi connectivity index (χ0v) is 12.3. The van der Waals surface area contributed by atoms with E-state index in [-0.39, 0.29) is 0 Å². The van der Waals surface area contributed by atoms with Gasteiger partial charge < -0.3 is 10.6 Å². The summed E-state index contributed by atoms with van der Waals surface area (Å²) in [7, 11) is 0. The summed E-state index contributed by atoms with van der Waals surface area (Å²) >= 11 is 0. The summed E-state index contributed by atoms with van der Waals surface area (Å²) in [5, 5.41) is 0. The number of hydrogen-bond acceptors (Lipinski definition) is 4.